The van der Waals surface area contributed by atoms with E-state index in [1.54, 1.807) is 0 Å². The lowest BCUT2D eigenvalue weighted by atomic mass is 10.1. The number of hydrogen-bond donors (Lipinski definition) is 2. The molecule has 86 valence electrons. The lowest BCUT2D eigenvalue weighted by Gasteiger charge is -2.21. The molecule has 1 rings (SSSR count). The van der Waals surface area contributed by atoms with Gasteiger partial charge in [-0.2, -0.15) is 0 Å². The van der Waals surface area contributed by atoms with Gasteiger partial charge >= 0.3 is 6.09 Å². The molecular formula is C11H19NO3. The number of carbonyl (C=O) groups excluding carboxylic acids is 1. The Labute approximate surface area is 90.3 Å². The maximum atomic E-state index is 11.4. The van der Waals surface area contributed by atoms with Crippen molar-refractivity contribution in [3.8, 4) is 0 Å². The first kappa shape index (κ1) is 12.0. The van der Waals surface area contributed by atoms with Crippen molar-refractivity contribution >= 4 is 6.09 Å². The second-order valence-electron chi connectivity index (χ2n) is 4.82. The van der Waals surface area contributed by atoms with E-state index in [2.05, 4.69) is 5.32 Å². The zero-order valence-electron chi connectivity index (χ0n) is 9.49. The predicted octanol–water partition coefficient (Wildman–Crippen LogP) is 1.45. The standard InChI is InChI=1S/C11H19NO3/c1-11(2,3)15-10(14)12-9-5-4-8(6-9)7-13/h4-5,8-9,13H,6-7H2,1-3H3,(H,12,14)/t8-,9-/m1/s1. The number of nitrogens with one attached hydrogen (secondary N) is 1. The van der Waals surface area contributed by atoms with E-state index in [0.29, 0.717) is 0 Å². The molecule has 0 aromatic rings. The molecule has 0 aliphatic heterocycles. The Morgan fingerprint density at radius 3 is 2.67 bits per heavy atom. The molecule has 2 N–H and O–H groups in total. The lowest BCUT2D eigenvalue weighted by molar-refractivity contribution is 0.0511. The molecule has 0 aromatic heterocycles. The average Bonchev–Trinajstić information content (AvgIpc) is 2.48. The van der Waals surface area contributed by atoms with Crippen LogP contribution in [0.15, 0.2) is 12.2 Å². The highest BCUT2D eigenvalue weighted by molar-refractivity contribution is 5.68. The minimum absolute atomic E-state index is 0.0167. The van der Waals surface area contributed by atoms with Crippen molar-refractivity contribution in [2.24, 2.45) is 5.92 Å². The minimum atomic E-state index is -0.469. The molecule has 2 atom stereocenters. The first-order chi connectivity index (χ1) is 6.90. The SMILES string of the molecule is CC(C)(C)OC(=O)N[C@@H]1C=C[C@@H](CO)C1. The molecule has 4 heteroatoms. The third kappa shape index (κ3) is 4.34. The van der Waals surface area contributed by atoms with Gasteiger partial charge in [0.05, 0.1) is 6.04 Å². The van der Waals surface area contributed by atoms with Gasteiger partial charge in [0.2, 0.25) is 0 Å². The topological polar surface area (TPSA) is 58.6 Å². The molecule has 4 nitrogen and oxygen atoms in total. The van der Waals surface area contributed by atoms with Crippen LogP contribution in [0.25, 0.3) is 0 Å². The molecule has 0 radical (unpaired) electrons. The van der Waals surface area contributed by atoms with Gasteiger partial charge in [-0.25, -0.2) is 4.79 Å². The molecule has 1 aliphatic rings. The van der Waals surface area contributed by atoms with Crippen LogP contribution < -0.4 is 5.32 Å². The molecular weight excluding hydrogens is 194 g/mol. The van der Waals surface area contributed by atoms with Crippen LogP contribution in [0.5, 0.6) is 0 Å². The van der Waals surface area contributed by atoms with E-state index in [1.807, 2.05) is 32.9 Å². The first-order valence-corrected chi connectivity index (χ1v) is 5.19. The molecule has 0 saturated carbocycles. The maximum absolute atomic E-state index is 11.4. The average molecular weight is 213 g/mol. The minimum Gasteiger partial charge on any atom is -0.444 e. The fraction of sp³-hybridized carbons (Fsp3) is 0.727. The van der Waals surface area contributed by atoms with E-state index in [9.17, 15) is 4.79 Å². The second kappa shape index (κ2) is 4.66. The van der Waals surface area contributed by atoms with Crippen LogP contribution in [-0.4, -0.2) is 29.4 Å². The van der Waals surface area contributed by atoms with Crippen molar-refractivity contribution in [2.75, 3.05) is 6.61 Å². The van der Waals surface area contributed by atoms with Crippen LogP contribution >= 0.6 is 0 Å². The number of rotatable bonds is 2. The van der Waals surface area contributed by atoms with E-state index in [1.165, 1.54) is 0 Å². The van der Waals surface area contributed by atoms with Crippen LogP contribution in [0.4, 0.5) is 4.79 Å². The largest absolute Gasteiger partial charge is 0.444 e. The van der Waals surface area contributed by atoms with Crippen LogP contribution in [0.1, 0.15) is 27.2 Å². The van der Waals surface area contributed by atoms with Crippen LogP contribution in [0.2, 0.25) is 0 Å². The smallest absolute Gasteiger partial charge is 0.408 e. The second-order valence-corrected chi connectivity index (χ2v) is 4.82. The molecule has 0 saturated heterocycles. The Balaban J connectivity index is 2.32. The van der Waals surface area contributed by atoms with Crippen molar-refractivity contribution in [1.82, 2.24) is 5.32 Å². The van der Waals surface area contributed by atoms with Gasteiger partial charge in [0.25, 0.3) is 0 Å². The zero-order valence-corrected chi connectivity index (χ0v) is 9.49. The Bertz CT molecular complexity index is 255. The van der Waals surface area contributed by atoms with Gasteiger partial charge < -0.3 is 15.2 Å². The van der Waals surface area contributed by atoms with Gasteiger partial charge in [0, 0.05) is 12.5 Å². The number of carbonyl (C=O) groups is 1. The number of alkyl carbamates (subject to hydrolysis) is 1. The molecule has 0 heterocycles. The maximum Gasteiger partial charge on any atom is 0.408 e. The Morgan fingerprint density at radius 1 is 1.53 bits per heavy atom. The van der Waals surface area contributed by atoms with E-state index >= 15 is 0 Å². The number of hydrogen-bond acceptors (Lipinski definition) is 3. The number of aliphatic hydroxyl groups is 1. The number of ether oxygens (including phenoxy) is 1. The molecule has 0 bridgehead atoms. The monoisotopic (exact) mass is 213 g/mol. The fourth-order valence-corrected chi connectivity index (χ4v) is 1.48. The van der Waals surface area contributed by atoms with Gasteiger partial charge in [-0.3, -0.25) is 0 Å². The molecule has 1 amide bonds. The van der Waals surface area contributed by atoms with Crippen molar-refractivity contribution in [1.29, 1.82) is 0 Å². The summed E-state index contributed by atoms with van der Waals surface area (Å²) in [7, 11) is 0. The van der Waals surface area contributed by atoms with E-state index in [-0.39, 0.29) is 18.6 Å². The summed E-state index contributed by atoms with van der Waals surface area (Å²) in [6.45, 7) is 5.61. The normalized spacial score (nSPS) is 25.3. The van der Waals surface area contributed by atoms with Crippen molar-refractivity contribution in [2.45, 2.75) is 38.8 Å². The Hall–Kier alpha value is -1.03. The zero-order chi connectivity index (χ0) is 11.5. The summed E-state index contributed by atoms with van der Waals surface area (Å²) >= 11 is 0. The predicted molar refractivity (Wildman–Crippen MR) is 57.5 cm³/mol. The quantitative estimate of drug-likeness (QED) is 0.682. The van der Waals surface area contributed by atoms with Gasteiger partial charge in [0.1, 0.15) is 5.60 Å². The molecule has 15 heavy (non-hydrogen) atoms. The molecule has 0 spiro atoms. The van der Waals surface area contributed by atoms with Crippen molar-refractivity contribution in [3.63, 3.8) is 0 Å². The summed E-state index contributed by atoms with van der Waals surface area (Å²) in [5, 5.41) is 11.6. The van der Waals surface area contributed by atoms with Crippen LogP contribution in [-0.2, 0) is 4.74 Å². The van der Waals surface area contributed by atoms with Gasteiger partial charge in [-0.05, 0) is 27.2 Å². The summed E-state index contributed by atoms with van der Waals surface area (Å²) in [5.41, 5.74) is -0.469. The van der Waals surface area contributed by atoms with Crippen LogP contribution in [0, 0.1) is 5.92 Å². The van der Waals surface area contributed by atoms with Gasteiger partial charge in [0.15, 0.2) is 0 Å². The fourth-order valence-electron chi connectivity index (χ4n) is 1.48. The molecule has 0 unspecified atom stereocenters. The third-order valence-electron chi connectivity index (χ3n) is 2.11. The highest BCUT2D eigenvalue weighted by Gasteiger charge is 2.22. The summed E-state index contributed by atoms with van der Waals surface area (Å²) in [5.74, 6) is 0.157. The van der Waals surface area contributed by atoms with Crippen molar-refractivity contribution < 1.29 is 14.6 Å². The molecule has 0 aromatic carbocycles. The Kier molecular flexibility index (Phi) is 3.74. The number of amides is 1. The summed E-state index contributed by atoms with van der Waals surface area (Å²) in [6, 6.07) is -0.0167. The van der Waals surface area contributed by atoms with E-state index in [0.717, 1.165) is 6.42 Å². The van der Waals surface area contributed by atoms with Gasteiger partial charge in [-0.15, -0.1) is 0 Å². The lowest BCUT2D eigenvalue weighted by Crippen LogP contribution is -2.37. The third-order valence-corrected chi connectivity index (χ3v) is 2.11. The summed E-state index contributed by atoms with van der Waals surface area (Å²) in [4.78, 5) is 11.4. The van der Waals surface area contributed by atoms with Crippen LogP contribution in [0.3, 0.4) is 0 Å². The van der Waals surface area contributed by atoms with E-state index in [4.69, 9.17) is 9.84 Å². The molecule has 1 aliphatic carbocycles. The summed E-state index contributed by atoms with van der Waals surface area (Å²) < 4.78 is 5.12. The highest BCUT2D eigenvalue weighted by atomic mass is 16.6. The highest BCUT2D eigenvalue weighted by Crippen LogP contribution is 2.17. The molecule has 0 fully saturated rings. The van der Waals surface area contributed by atoms with E-state index < -0.39 is 11.7 Å². The van der Waals surface area contributed by atoms with Crippen molar-refractivity contribution in [3.05, 3.63) is 12.2 Å². The number of aliphatic hydroxyl groups excluding tert-OH is 1. The summed E-state index contributed by atoms with van der Waals surface area (Å²) in [6.07, 6.45) is 4.15. The Morgan fingerprint density at radius 2 is 2.20 bits per heavy atom. The van der Waals surface area contributed by atoms with Gasteiger partial charge in [-0.1, -0.05) is 12.2 Å². The first-order valence-electron chi connectivity index (χ1n) is 5.19.